The highest BCUT2D eigenvalue weighted by atomic mass is 32.2. The zero-order valence-corrected chi connectivity index (χ0v) is 15.8. The zero-order chi connectivity index (χ0) is 19.4. The number of nitro groups is 1. The number of para-hydroxylation sites is 2. The second-order valence-electron chi connectivity index (χ2n) is 5.30. The molecular weight excluding hydrogens is 390 g/mol. The largest absolute Gasteiger partial charge is 0.493 e. The predicted octanol–water partition coefficient (Wildman–Crippen LogP) is 3.92. The van der Waals surface area contributed by atoms with Gasteiger partial charge in [0, 0.05) is 17.0 Å². The van der Waals surface area contributed by atoms with Crippen molar-refractivity contribution in [3.8, 4) is 17.0 Å². The molecule has 0 aliphatic heterocycles. The topological polar surface area (TPSA) is 111 Å². The Morgan fingerprint density at radius 1 is 1.19 bits per heavy atom. The summed E-state index contributed by atoms with van der Waals surface area (Å²) in [6, 6.07) is 12.4. The van der Waals surface area contributed by atoms with Gasteiger partial charge in [-0.05, 0) is 25.1 Å². The minimum absolute atomic E-state index is 0.106. The molecule has 0 aliphatic rings. The van der Waals surface area contributed by atoms with Crippen molar-refractivity contribution in [2.45, 2.75) is 11.8 Å². The highest BCUT2D eigenvalue weighted by Gasteiger charge is 2.26. The number of hydrogen-bond acceptors (Lipinski definition) is 7. The van der Waals surface area contributed by atoms with E-state index in [4.69, 9.17) is 4.74 Å². The number of benzene rings is 2. The van der Waals surface area contributed by atoms with Gasteiger partial charge in [-0.15, -0.1) is 11.3 Å². The van der Waals surface area contributed by atoms with Gasteiger partial charge in [-0.1, -0.05) is 24.3 Å². The summed E-state index contributed by atoms with van der Waals surface area (Å²) in [5.41, 5.74) is 0.777. The first-order valence-electron chi connectivity index (χ1n) is 7.86. The lowest BCUT2D eigenvalue weighted by atomic mass is 10.1. The molecule has 140 valence electrons. The van der Waals surface area contributed by atoms with E-state index in [1.165, 1.54) is 18.2 Å². The molecule has 0 aliphatic carbocycles. The fraction of sp³-hybridized carbons (Fsp3) is 0.118. The van der Waals surface area contributed by atoms with E-state index in [0.717, 1.165) is 23.0 Å². The molecule has 1 aromatic heterocycles. The number of nitrogens with zero attached hydrogens (tertiary/aromatic N) is 2. The highest BCUT2D eigenvalue weighted by molar-refractivity contribution is 7.93. The molecule has 0 atom stereocenters. The number of thiazole rings is 1. The monoisotopic (exact) mass is 405 g/mol. The van der Waals surface area contributed by atoms with Crippen molar-refractivity contribution in [3.63, 3.8) is 0 Å². The Hall–Kier alpha value is -2.98. The molecular formula is C17H15N3O5S2. The molecule has 0 saturated carbocycles. The molecule has 1 N–H and O–H groups in total. The van der Waals surface area contributed by atoms with Gasteiger partial charge < -0.3 is 4.74 Å². The van der Waals surface area contributed by atoms with E-state index in [1.807, 2.05) is 25.1 Å². The summed E-state index contributed by atoms with van der Waals surface area (Å²) in [6.45, 7) is 2.35. The Labute approximate surface area is 159 Å². The molecule has 3 aromatic rings. The first-order valence-corrected chi connectivity index (χ1v) is 10.2. The third kappa shape index (κ3) is 4.07. The van der Waals surface area contributed by atoms with Crippen LogP contribution in [0.5, 0.6) is 5.75 Å². The van der Waals surface area contributed by atoms with E-state index in [9.17, 15) is 18.5 Å². The van der Waals surface area contributed by atoms with Crippen molar-refractivity contribution in [2.24, 2.45) is 0 Å². The molecule has 0 amide bonds. The van der Waals surface area contributed by atoms with Crippen LogP contribution in [0.3, 0.4) is 0 Å². The minimum atomic E-state index is -4.15. The molecule has 0 spiro atoms. The lowest BCUT2D eigenvalue weighted by Gasteiger charge is -2.08. The number of anilines is 1. The van der Waals surface area contributed by atoms with Gasteiger partial charge in [0.25, 0.3) is 15.7 Å². The van der Waals surface area contributed by atoms with Gasteiger partial charge in [-0.2, -0.15) is 0 Å². The van der Waals surface area contributed by atoms with Crippen molar-refractivity contribution in [1.82, 2.24) is 4.98 Å². The third-order valence-electron chi connectivity index (χ3n) is 3.54. The van der Waals surface area contributed by atoms with Gasteiger partial charge in [0.05, 0.1) is 17.2 Å². The van der Waals surface area contributed by atoms with E-state index >= 15 is 0 Å². The van der Waals surface area contributed by atoms with E-state index in [0.29, 0.717) is 18.1 Å². The maximum Gasteiger partial charge on any atom is 0.289 e. The maximum absolute atomic E-state index is 12.6. The summed E-state index contributed by atoms with van der Waals surface area (Å²) in [5, 5.41) is 12.9. The van der Waals surface area contributed by atoms with Gasteiger partial charge in [0.15, 0.2) is 10.0 Å². The van der Waals surface area contributed by atoms with E-state index in [2.05, 4.69) is 9.71 Å². The van der Waals surface area contributed by atoms with Gasteiger partial charge in [-0.3, -0.25) is 14.8 Å². The summed E-state index contributed by atoms with van der Waals surface area (Å²) >= 11 is 1.08. The smallest absolute Gasteiger partial charge is 0.289 e. The van der Waals surface area contributed by atoms with Crippen LogP contribution in [0.25, 0.3) is 11.3 Å². The van der Waals surface area contributed by atoms with Crippen LogP contribution in [0.15, 0.2) is 58.8 Å². The Morgan fingerprint density at radius 3 is 2.63 bits per heavy atom. The summed E-state index contributed by atoms with van der Waals surface area (Å²) in [6.07, 6.45) is 0. The number of rotatable bonds is 7. The lowest BCUT2D eigenvalue weighted by Crippen LogP contribution is -2.14. The van der Waals surface area contributed by atoms with Crippen LogP contribution in [0.4, 0.5) is 10.8 Å². The average Bonchev–Trinajstić information content (AvgIpc) is 3.10. The summed E-state index contributed by atoms with van der Waals surface area (Å²) in [7, 11) is -4.15. The summed E-state index contributed by atoms with van der Waals surface area (Å²) in [4.78, 5) is 14.2. The van der Waals surface area contributed by atoms with Crippen molar-refractivity contribution >= 4 is 32.2 Å². The number of ether oxygens (including phenoxy) is 1. The second kappa shape index (κ2) is 7.72. The molecule has 0 unspecified atom stereocenters. The normalized spacial score (nSPS) is 11.1. The summed E-state index contributed by atoms with van der Waals surface area (Å²) in [5.74, 6) is 0.637. The molecule has 0 bridgehead atoms. The maximum atomic E-state index is 12.6. The quantitative estimate of drug-likeness (QED) is 0.471. The second-order valence-corrected chi connectivity index (χ2v) is 7.81. The third-order valence-corrected chi connectivity index (χ3v) is 5.81. The van der Waals surface area contributed by atoms with Crippen LogP contribution in [0.1, 0.15) is 6.92 Å². The molecule has 0 radical (unpaired) electrons. The molecule has 27 heavy (non-hydrogen) atoms. The Kier molecular flexibility index (Phi) is 5.38. The lowest BCUT2D eigenvalue weighted by molar-refractivity contribution is -0.387. The van der Waals surface area contributed by atoms with E-state index in [-0.39, 0.29) is 5.13 Å². The first kappa shape index (κ1) is 18.8. The zero-order valence-electron chi connectivity index (χ0n) is 14.2. The number of hydrogen-bond donors (Lipinski definition) is 1. The van der Waals surface area contributed by atoms with Crippen molar-refractivity contribution in [1.29, 1.82) is 0 Å². The van der Waals surface area contributed by atoms with Crippen molar-refractivity contribution in [3.05, 3.63) is 64.0 Å². The fourth-order valence-electron chi connectivity index (χ4n) is 2.41. The molecule has 0 fully saturated rings. The van der Waals surface area contributed by atoms with Crippen molar-refractivity contribution in [2.75, 3.05) is 11.3 Å². The molecule has 10 heteroatoms. The van der Waals surface area contributed by atoms with Gasteiger partial charge >= 0.3 is 0 Å². The number of sulfonamides is 1. The molecule has 8 nitrogen and oxygen atoms in total. The van der Waals surface area contributed by atoms with Crippen molar-refractivity contribution < 1.29 is 18.1 Å². The number of nitrogens with one attached hydrogen (secondary N) is 1. The molecule has 1 heterocycles. The Bertz CT molecular complexity index is 1080. The standard InChI is InChI=1S/C17H15N3O5S2/c1-2-25-15-9-5-3-7-12(15)13-11-26-17(18-13)19-27(23,24)16-10-6-4-8-14(16)20(21)22/h3-11H,2H2,1H3,(H,18,19). The number of nitro benzene ring substituents is 1. The van der Waals surface area contributed by atoms with E-state index in [1.54, 1.807) is 11.4 Å². The van der Waals surface area contributed by atoms with Gasteiger partial charge in [-0.25, -0.2) is 13.4 Å². The minimum Gasteiger partial charge on any atom is -0.493 e. The first-order chi connectivity index (χ1) is 12.9. The molecule has 0 saturated heterocycles. The van der Waals surface area contributed by atoms with Gasteiger partial charge in [0.1, 0.15) is 5.75 Å². The van der Waals surface area contributed by atoms with Crippen LogP contribution in [-0.4, -0.2) is 24.9 Å². The van der Waals surface area contributed by atoms with Crippen LogP contribution in [-0.2, 0) is 10.0 Å². The Balaban J connectivity index is 1.92. The van der Waals surface area contributed by atoms with Crippen LogP contribution >= 0.6 is 11.3 Å². The van der Waals surface area contributed by atoms with Crippen LogP contribution in [0, 0.1) is 10.1 Å². The Morgan fingerprint density at radius 2 is 1.89 bits per heavy atom. The fourth-order valence-corrected chi connectivity index (χ4v) is 4.55. The molecule has 2 aromatic carbocycles. The molecule has 3 rings (SSSR count). The average molecular weight is 405 g/mol. The van der Waals surface area contributed by atoms with Crippen LogP contribution in [0.2, 0.25) is 0 Å². The summed E-state index contributed by atoms with van der Waals surface area (Å²) < 4.78 is 33.0. The predicted molar refractivity (Wildman–Crippen MR) is 103 cm³/mol. The highest BCUT2D eigenvalue weighted by Crippen LogP contribution is 2.33. The van der Waals surface area contributed by atoms with E-state index < -0.39 is 25.5 Å². The van der Waals surface area contributed by atoms with Crippen LogP contribution < -0.4 is 9.46 Å². The van der Waals surface area contributed by atoms with Gasteiger partial charge in [0.2, 0.25) is 0 Å². The SMILES string of the molecule is CCOc1ccccc1-c1csc(NS(=O)(=O)c2ccccc2[N+](=O)[O-])n1. The number of aromatic nitrogens is 1.